The van der Waals surface area contributed by atoms with Crippen LogP contribution in [0.3, 0.4) is 0 Å². The fourth-order valence-corrected chi connectivity index (χ4v) is 1.56. The van der Waals surface area contributed by atoms with Crippen LogP contribution in [0.2, 0.25) is 0 Å². The normalized spacial score (nSPS) is 20.1. The second-order valence-electron chi connectivity index (χ2n) is 3.47. The van der Waals surface area contributed by atoms with E-state index in [2.05, 4.69) is 10.3 Å². The Morgan fingerprint density at radius 2 is 2.53 bits per heavy atom. The van der Waals surface area contributed by atoms with Gasteiger partial charge in [0.2, 0.25) is 0 Å². The first-order valence-corrected chi connectivity index (χ1v) is 4.86. The van der Waals surface area contributed by atoms with Gasteiger partial charge in [0, 0.05) is 12.8 Å². The summed E-state index contributed by atoms with van der Waals surface area (Å²) in [5.41, 5.74) is 5.66. The van der Waals surface area contributed by atoms with Gasteiger partial charge in [0.15, 0.2) is 0 Å². The molecule has 1 fully saturated rings. The zero-order valence-electron chi connectivity index (χ0n) is 8.27. The molecule has 3 N–H and O–H groups in total. The third-order valence-corrected chi connectivity index (χ3v) is 2.34. The molecular weight excluding hydrogens is 194 g/mol. The van der Waals surface area contributed by atoms with Crippen molar-refractivity contribution in [1.82, 2.24) is 4.98 Å². The lowest BCUT2D eigenvalue weighted by Gasteiger charge is -2.13. The number of carbonyl (C=O) groups excluding carboxylic acids is 1. The predicted molar refractivity (Wildman–Crippen MR) is 55.6 cm³/mol. The largest absolute Gasteiger partial charge is 0.379 e. The Balaban J connectivity index is 2.15. The molecule has 1 atom stereocenters. The van der Waals surface area contributed by atoms with Crippen molar-refractivity contribution in [2.45, 2.75) is 12.5 Å². The van der Waals surface area contributed by atoms with Gasteiger partial charge in [0.25, 0.3) is 5.91 Å². The number of anilines is 1. The number of aromatic nitrogens is 1. The van der Waals surface area contributed by atoms with E-state index >= 15 is 0 Å². The summed E-state index contributed by atoms with van der Waals surface area (Å²) < 4.78 is 5.22. The summed E-state index contributed by atoms with van der Waals surface area (Å²) in [7, 11) is 0. The van der Waals surface area contributed by atoms with E-state index in [1.54, 1.807) is 18.3 Å². The number of pyridine rings is 1. The smallest absolute Gasteiger partial charge is 0.252 e. The van der Waals surface area contributed by atoms with Crippen LogP contribution in [-0.4, -0.2) is 30.1 Å². The van der Waals surface area contributed by atoms with Crippen molar-refractivity contribution in [3.63, 3.8) is 0 Å². The van der Waals surface area contributed by atoms with Crippen molar-refractivity contribution >= 4 is 11.7 Å². The highest BCUT2D eigenvalue weighted by atomic mass is 16.5. The lowest BCUT2D eigenvalue weighted by atomic mass is 10.2. The molecule has 0 bridgehead atoms. The second kappa shape index (κ2) is 4.27. The Bertz CT molecular complexity index is 361. The summed E-state index contributed by atoms with van der Waals surface area (Å²) >= 11 is 0. The van der Waals surface area contributed by atoms with Crippen LogP contribution in [0.15, 0.2) is 18.3 Å². The Labute approximate surface area is 87.6 Å². The maximum atomic E-state index is 11.1. The Morgan fingerprint density at radius 3 is 3.20 bits per heavy atom. The van der Waals surface area contributed by atoms with Gasteiger partial charge in [-0.2, -0.15) is 0 Å². The van der Waals surface area contributed by atoms with Crippen molar-refractivity contribution in [2.75, 3.05) is 18.5 Å². The Kier molecular flexibility index (Phi) is 2.82. The second-order valence-corrected chi connectivity index (χ2v) is 3.47. The highest BCUT2D eigenvalue weighted by Gasteiger charge is 2.18. The quantitative estimate of drug-likeness (QED) is 0.751. The van der Waals surface area contributed by atoms with Crippen LogP contribution < -0.4 is 11.1 Å². The molecule has 0 unspecified atom stereocenters. The molecule has 0 saturated carbocycles. The van der Waals surface area contributed by atoms with Gasteiger partial charge in [-0.25, -0.2) is 4.98 Å². The van der Waals surface area contributed by atoms with Crippen molar-refractivity contribution in [3.05, 3.63) is 23.9 Å². The van der Waals surface area contributed by atoms with Gasteiger partial charge in [-0.15, -0.1) is 0 Å². The number of rotatable bonds is 3. The highest BCUT2D eigenvalue weighted by Crippen LogP contribution is 2.15. The average Bonchev–Trinajstić information content (AvgIpc) is 2.71. The lowest BCUT2D eigenvalue weighted by Crippen LogP contribution is -2.23. The van der Waals surface area contributed by atoms with Gasteiger partial charge in [-0.05, 0) is 18.6 Å². The maximum Gasteiger partial charge on any atom is 0.252 e. The van der Waals surface area contributed by atoms with Crippen molar-refractivity contribution in [2.24, 2.45) is 5.73 Å². The molecule has 0 aliphatic carbocycles. The summed E-state index contributed by atoms with van der Waals surface area (Å²) in [6, 6.07) is 3.57. The zero-order chi connectivity index (χ0) is 10.7. The number of nitrogens with zero attached hydrogens (tertiary/aromatic N) is 1. The molecule has 0 radical (unpaired) electrons. The lowest BCUT2D eigenvalue weighted by molar-refractivity contribution is 0.100. The number of nitrogens with two attached hydrogens (primary N) is 1. The van der Waals surface area contributed by atoms with Crippen LogP contribution in [0, 0.1) is 0 Å². The van der Waals surface area contributed by atoms with E-state index in [0.29, 0.717) is 18.0 Å². The molecule has 0 spiro atoms. The van der Waals surface area contributed by atoms with Crippen LogP contribution >= 0.6 is 0 Å². The molecule has 5 heteroatoms. The molecule has 5 nitrogen and oxygen atoms in total. The predicted octanol–water partition coefficient (Wildman–Crippen LogP) is 0.381. The van der Waals surface area contributed by atoms with Crippen molar-refractivity contribution in [1.29, 1.82) is 0 Å². The highest BCUT2D eigenvalue weighted by molar-refractivity contribution is 5.97. The minimum absolute atomic E-state index is 0.220. The van der Waals surface area contributed by atoms with Gasteiger partial charge in [0.05, 0.1) is 18.2 Å². The number of primary amides is 1. The van der Waals surface area contributed by atoms with Crippen molar-refractivity contribution < 1.29 is 9.53 Å². The summed E-state index contributed by atoms with van der Waals surface area (Å²) in [5.74, 6) is 0.0741. The maximum absolute atomic E-state index is 11.1. The standard InChI is InChI=1S/C10H13N3O2/c11-9(14)8-2-1-4-12-10(8)13-7-3-5-15-6-7/h1-2,4,7H,3,5-6H2,(H2,11,14)(H,12,13)/t7-/m0/s1. The van der Waals surface area contributed by atoms with Crippen LogP contribution in [0.5, 0.6) is 0 Å². The first-order valence-electron chi connectivity index (χ1n) is 4.86. The summed E-state index contributed by atoms with van der Waals surface area (Å²) in [6.45, 7) is 1.39. The van der Waals surface area contributed by atoms with E-state index < -0.39 is 5.91 Å². The molecule has 2 rings (SSSR count). The molecule has 1 saturated heterocycles. The average molecular weight is 207 g/mol. The minimum Gasteiger partial charge on any atom is -0.379 e. The molecule has 1 aromatic rings. The Hall–Kier alpha value is -1.62. The summed E-state index contributed by atoms with van der Waals surface area (Å²) in [5, 5.41) is 3.15. The molecule has 2 heterocycles. The minimum atomic E-state index is -0.468. The number of nitrogens with one attached hydrogen (secondary N) is 1. The van der Waals surface area contributed by atoms with Crippen LogP contribution in [0.4, 0.5) is 5.82 Å². The number of hydrogen-bond acceptors (Lipinski definition) is 4. The van der Waals surface area contributed by atoms with E-state index in [-0.39, 0.29) is 6.04 Å². The fraction of sp³-hybridized carbons (Fsp3) is 0.400. The van der Waals surface area contributed by atoms with Gasteiger partial charge < -0.3 is 15.8 Å². The van der Waals surface area contributed by atoms with E-state index in [1.807, 2.05) is 0 Å². The molecule has 0 aromatic carbocycles. The monoisotopic (exact) mass is 207 g/mol. The third-order valence-electron chi connectivity index (χ3n) is 2.34. The van der Waals surface area contributed by atoms with E-state index in [9.17, 15) is 4.79 Å². The Morgan fingerprint density at radius 1 is 1.67 bits per heavy atom. The molecule has 1 aromatic heterocycles. The van der Waals surface area contributed by atoms with E-state index in [1.165, 1.54) is 0 Å². The SMILES string of the molecule is NC(=O)c1cccnc1N[C@H]1CCOC1. The molecule has 1 amide bonds. The van der Waals surface area contributed by atoms with Crippen molar-refractivity contribution in [3.8, 4) is 0 Å². The first-order chi connectivity index (χ1) is 7.27. The van der Waals surface area contributed by atoms with E-state index in [0.717, 1.165) is 13.0 Å². The van der Waals surface area contributed by atoms with Gasteiger partial charge in [-0.1, -0.05) is 0 Å². The van der Waals surface area contributed by atoms with Gasteiger partial charge in [-0.3, -0.25) is 4.79 Å². The number of amides is 1. The number of hydrogen-bond donors (Lipinski definition) is 2. The van der Waals surface area contributed by atoms with Gasteiger partial charge in [0.1, 0.15) is 5.82 Å². The number of ether oxygens (including phenoxy) is 1. The molecule has 15 heavy (non-hydrogen) atoms. The zero-order valence-corrected chi connectivity index (χ0v) is 8.27. The third kappa shape index (κ3) is 2.24. The molecular formula is C10H13N3O2. The van der Waals surface area contributed by atoms with Crippen LogP contribution in [0.1, 0.15) is 16.8 Å². The molecule has 1 aliphatic rings. The van der Waals surface area contributed by atoms with Crippen LogP contribution in [0.25, 0.3) is 0 Å². The summed E-state index contributed by atoms with van der Waals surface area (Å²) in [4.78, 5) is 15.2. The first kappa shape index (κ1) is 9.92. The van der Waals surface area contributed by atoms with Crippen LogP contribution in [-0.2, 0) is 4.74 Å². The molecule has 1 aliphatic heterocycles. The van der Waals surface area contributed by atoms with E-state index in [4.69, 9.17) is 10.5 Å². The fourth-order valence-electron chi connectivity index (χ4n) is 1.56. The number of carbonyl (C=O) groups is 1. The topological polar surface area (TPSA) is 77.2 Å². The van der Waals surface area contributed by atoms with Gasteiger partial charge >= 0.3 is 0 Å². The summed E-state index contributed by atoms with van der Waals surface area (Å²) in [6.07, 6.45) is 2.55. The molecule has 80 valence electrons.